The maximum atomic E-state index is 13.2. The molecule has 4 rings (SSSR count). The minimum Gasteiger partial charge on any atom is -0.335 e. The minimum absolute atomic E-state index is 0.0271. The summed E-state index contributed by atoms with van der Waals surface area (Å²) in [6.07, 6.45) is 5.45. The smallest absolute Gasteiger partial charge is 0.266 e. The Hall–Kier alpha value is -1.43. The van der Waals surface area contributed by atoms with E-state index in [2.05, 4.69) is 21.7 Å². The van der Waals surface area contributed by atoms with E-state index in [4.69, 9.17) is 0 Å². The number of aromatic nitrogens is 1. The quantitative estimate of drug-likeness (QED) is 0.785. The standard InChI is InChI=1S/C18H25N3O2S/c1-11-16(24-10-19-11)17(23)20-9-13-8-18(3)14(20)6-4-5-7-15(18)21(13)12(2)22/h10,13-15H,4-9H2,1-3H3/t13-,14+,15-,18+/m0/s1. The van der Waals surface area contributed by atoms with E-state index in [-0.39, 0.29) is 35.4 Å². The molecule has 0 N–H and O–H groups in total. The third kappa shape index (κ3) is 2.15. The Labute approximate surface area is 147 Å². The van der Waals surface area contributed by atoms with Crippen LogP contribution in [0.3, 0.4) is 0 Å². The molecule has 0 radical (unpaired) electrons. The first-order chi connectivity index (χ1) is 11.4. The monoisotopic (exact) mass is 347 g/mol. The van der Waals surface area contributed by atoms with Crippen molar-refractivity contribution in [2.75, 3.05) is 6.54 Å². The molecule has 0 unspecified atom stereocenters. The molecule has 6 heteroatoms. The van der Waals surface area contributed by atoms with E-state index in [1.807, 2.05) is 6.92 Å². The summed E-state index contributed by atoms with van der Waals surface area (Å²) >= 11 is 1.43. The first kappa shape index (κ1) is 16.1. The van der Waals surface area contributed by atoms with Crippen molar-refractivity contribution in [3.8, 4) is 0 Å². The largest absolute Gasteiger partial charge is 0.335 e. The molecule has 24 heavy (non-hydrogen) atoms. The lowest BCUT2D eigenvalue weighted by Gasteiger charge is -2.46. The van der Waals surface area contributed by atoms with Gasteiger partial charge in [-0.05, 0) is 26.2 Å². The fourth-order valence-corrected chi connectivity index (χ4v) is 6.26. The van der Waals surface area contributed by atoms with Crippen LogP contribution in [0, 0.1) is 12.3 Å². The van der Waals surface area contributed by atoms with Crippen LogP contribution in [0.25, 0.3) is 0 Å². The van der Waals surface area contributed by atoms with Crippen molar-refractivity contribution in [3.05, 3.63) is 16.1 Å². The number of amides is 2. The number of nitrogens with zero attached hydrogens (tertiary/aromatic N) is 3. The van der Waals surface area contributed by atoms with Gasteiger partial charge in [0.25, 0.3) is 5.91 Å². The van der Waals surface area contributed by atoms with Crippen LogP contribution in [0.5, 0.6) is 0 Å². The fourth-order valence-electron chi connectivity index (χ4n) is 5.50. The number of piperidine rings is 1. The Bertz CT molecular complexity index is 688. The molecule has 3 aliphatic rings. The van der Waals surface area contributed by atoms with Gasteiger partial charge in [-0.2, -0.15) is 0 Å². The highest BCUT2D eigenvalue weighted by molar-refractivity contribution is 7.11. The number of hydrogen-bond acceptors (Lipinski definition) is 4. The Balaban J connectivity index is 1.75. The molecule has 3 fully saturated rings. The Morgan fingerprint density at radius 2 is 2.00 bits per heavy atom. The normalized spacial score (nSPS) is 35.0. The zero-order chi connectivity index (χ0) is 17.1. The van der Waals surface area contributed by atoms with E-state index in [1.54, 1.807) is 12.4 Å². The molecule has 2 amide bonds. The molecular formula is C18H25N3O2S. The molecular weight excluding hydrogens is 322 g/mol. The molecule has 2 saturated heterocycles. The van der Waals surface area contributed by atoms with Crippen LogP contribution in [-0.4, -0.2) is 51.3 Å². The minimum atomic E-state index is 0.0271. The second-order valence-electron chi connectivity index (χ2n) is 7.83. The average molecular weight is 347 g/mol. The number of carbonyl (C=O) groups is 2. The molecule has 4 atom stereocenters. The number of fused-ring (bicyclic) bond motifs is 1. The second kappa shape index (κ2) is 5.55. The molecule has 1 aromatic heterocycles. The van der Waals surface area contributed by atoms with Crippen molar-refractivity contribution in [1.29, 1.82) is 0 Å². The van der Waals surface area contributed by atoms with Crippen LogP contribution < -0.4 is 0 Å². The topological polar surface area (TPSA) is 53.5 Å². The first-order valence-corrected chi connectivity index (χ1v) is 9.81. The van der Waals surface area contributed by atoms with Crippen molar-refractivity contribution in [3.63, 3.8) is 0 Å². The first-order valence-electron chi connectivity index (χ1n) is 8.93. The summed E-state index contributed by atoms with van der Waals surface area (Å²) in [6, 6.07) is 0.691. The lowest BCUT2D eigenvalue weighted by Crippen LogP contribution is -2.55. The van der Waals surface area contributed by atoms with Crippen LogP contribution in [-0.2, 0) is 4.79 Å². The average Bonchev–Trinajstić information content (AvgIpc) is 3.00. The maximum absolute atomic E-state index is 13.2. The van der Waals surface area contributed by atoms with Gasteiger partial charge in [0.1, 0.15) is 4.88 Å². The van der Waals surface area contributed by atoms with Crippen molar-refractivity contribution in [2.45, 2.75) is 71.0 Å². The number of carbonyl (C=O) groups excluding carboxylic acids is 2. The molecule has 1 saturated carbocycles. The predicted octanol–water partition coefficient (Wildman–Crippen LogP) is 2.85. The summed E-state index contributed by atoms with van der Waals surface area (Å²) in [7, 11) is 0. The van der Waals surface area contributed by atoms with Crippen molar-refractivity contribution >= 4 is 23.2 Å². The molecule has 2 aliphatic heterocycles. The number of aryl methyl sites for hydroxylation is 1. The van der Waals surface area contributed by atoms with Crippen LogP contribution in [0.15, 0.2) is 5.51 Å². The highest BCUT2D eigenvalue weighted by atomic mass is 32.1. The van der Waals surface area contributed by atoms with E-state index < -0.39 is 0 Å². The van der Waals surface area contributed by atoms with Gasteiger partial charge < -0.3 is 9.80 Å². The third-order valence-corrected chi connectivity index (χ3v) is 7.40. The van der Waals surface area contributed by atoms with Gasteiger partial charge in [0.15, 0.2) is 0 Å². The highest BCUT2D eigenvalue weighted by Gasteiger charge is 2.60. The van der Waals surface area contributed by atoms with Gasteiger partial charge in [0, 0.05) is 31.0 Å². The molecule has 5 nitrogen and oxygen atoms in total. The van der Waals surface area contributed by atoms with E-state index in [0.29, 0.717) is 6.54 Å². The molecule has 0 aromatic carbocycles. The zero-order valence-corrected chi connectivity index (χ0v) is 15.4. The number of likely N-dealkylation sites (tertiary alicyclic amines) is 2. The van der Waals surface area contributed by atoms with Crippen molar-refractivity contribution in [1.82, 2.24) is 14.8 Å². The van der Waals surface area contributed by atoms with E-state index in [1.165, 1.54) is 11.3 Å². The van der Waals surface area contributed by atoms with Crippen LogP contribution in [0.2, 0.25) is 0 Å². The summed E-state index contributed by atoms with van der Waals surface area (Å²) in [4.78, 5) is 34.7. The number of rotatable bonds is 1. The summed E-state index contributed by atoms with van der Waals surface area (Å²) in [5.74, 6) is 0.277. The SMILES string of the molecule is CC(=O)N1[C@@H]2CN(C(=O)c3scnc3C)[C@@H]3CCCC[C@H]1[C@]3(C)C2. The summed E-state index contributed by atoms with van der Waals surface area (Å²) < 4.78 is 0. The van der Waals surface area contributed by atoms with Crippen LogP contribution >= 0.6 is 11.3 Å². The maximum Gasteiger partial charge on any atom is 0.266 e. The van der Waals surface area contributed by atoms with Crippen molar-refractivity contribution in [2.24, 2.45) is 5.41 Å². The van der Waals surface area contributed by atoms with Crippen LogP contribution in [0.4, 0.5) is 0 Å². The Kier molecular flexibility index (Phi) is 3.71. The predicted molar refractivity (Wildman–Crippen MR) is 93.0 cm³/mol. The van der Waals surface area contributed by atoms with E-state index in [9.17, 15) is 9.59 Å². The van der Waals surface area contributed by atoms with Gasteiger partial charge in [-0.1, -0.05) is 19.8 Å². The highest BCUT2D eigenvalue weighted by Crippen LogP contribution is 2.53. The summed E-state index contributed by atoms with van der Waals surface area (Å²) in [5, 5.41) is 0. The fraction of sp³-hybridized carbons (Fsp3) is 0.722. The van der Waals surface area contributed by atoms with Crippen molar-refractivity contribution < 1.29 is 9.59 Å². The molecule has 3 heterocycles. The zero-order valence-electron chi connectivity index (χ0n) is 14.6. The molecule has 1 aromatic rings. The molecule has 2 bridgehead atoms. The van der Waals surface area contributed by atoms with Gasteiger partial charge in [-0.25, -0.2) is 4.98 Å². The third-order valence-electron chi connectivity index (χ3n) is 6.48. The number of hydrogen-bond donors (Lipinski definition) is 0. The van der Waals surface area contributed by atoms with Crippen LogP contribution in [0.1, 0.15) is 61.3 Å². The van der Waals surface area contributed by atoms with Gasteiger partial charge in [-0.15, -0.1) is 11.3 Å². The van der Waals surface area contributed by atoms with E-state index >= 15 is 0 Å². The lowest BCUT2D eigenvalue weighted by atomic mass is 9.71. The molecule has 130 valence electrons. The summed E-state index contributed by atoms with van der Waals surface area (Å²) in [5.41, 5.74) is 2.60. The molecule has 0 spiro atoms. The van der Waals surface area contributed by atoms with E-state index in [0.717, 1.165) is 42.7 Å². The molecule has 1 aliphatic carbocycles. The second-order valence-corrected chi connectivity index (χ2v) is 8.69. The van der Waals surface area contributed by atoms with Gasteiger partial charge in [-0.3, -0.25) is 9.59 Å². The Morgan fingerprint density at radius 3 is 2.62 bits per heavy atom. The number of thiazole rings is 1. The van der Waals surface area contributed by atoms with Gasteiger partial charge >= 0.3 is 0 Å². The van der Waals surface area contributed by atoms with Gasteiger partial charge in [0.2, 0.25) is 5.91 Å². The lowest BCUT2D eigenvalue weighted by molar-refractivity contribution is -0.132. The summed E-state index contributed by atoms with van der Waals surface area (Å²) in [6.45, 7) is 6.57. The Morgan fingerprint density at radius 1 is 1.29 bits per heavy atom. The van der Waals surface area contributed by atoms with Gasteiger partial charge in [0.05, 0.1) is 17.2 Å².